The van der Waals surface area contributed by atoms with Gasteiger partial charge in [-0.2, -0.15) is 0 Å². The summed E-state index contributed by atoms with van der Waals surface area (Å²) in [7, 11) is 1.62. The van der Waals surface area contributed by atoms with Crippen molar-refractivity contribution >= 4 is 21.6 Å². The van der Waals surface area contributed by atoms with Crippen LogP contribution in [0.15, 0.2) is 59.7 Å². The molecular formula is C23H27N3O3S. The summed E-state index contributed by atoms with van der Waals surface area (Å²) >= 11 is 1.44. The number of aromatic amines is 1. The highest BCUT2D eigenvalue weighted by Crippen LogP contribution is 2.36. The number of nitrogens with zero attached hydrogens (tertiary/aromatic N) is 2. The fourth-order valence-corrected chi connectivity index (χ4v) is 4.39. The number of allylic oxidation sites excluding steroid dienone is 1. The van der Waals surface area contributed by atoms with Crippen molar-refractivity contribution in [2.24, 2.45) is 0 Å². The molecule has 0 saturated heterocycles. The summed E-state index contributed by atoms with van der Waals surface area (Å²) in [6, 6.07) is 7.63. The van der Waals surface area contributed by atoms with Gasteiger partial charge in [0.25, 0.3) is 5.56 Å². The van der Waals surface area contributed by atoms with Crippen LogP contribution < -0.4 is 10.3 Å². The van der Waals surface area contributed by atoms with E-state index in [4.69, 9.17) is 4.74 Å². The minimum atomic E-state index is -0.475. The molecule has 2 aromatic heterocycles. The van der Waals surface area contributed by atoms with Gasteiger partial charge in [0.1, 0.15) is 16.4 Å². The Bertz CT molecular complexity index is 1070. The normalized spacial score (nSPS) is 12.2. The summed E-state index contributed by atoms with van der Waals surface area (Å²) in [6.07, 6.45) is 4.50. The molecular weight excluding hydrogens is 398 g/mol. The first-order valence-electron chi connectivity index (χ1n) is 9.83. The number of ether oxygens (including phenoxy) is 1. The summed E-state index contributed by atoms with van der Waals surface area (Å²) in [4.78, 5) is 23.2. The molecule has 1 aromatic carbocycles. The largest absolute Gasteiger partial charge is 0.496 e. The summed E-state index contributed by atoms with van der Waals surface area (Å²) in [5, 5.41) is 12.7. The molecule has 2 heterocycles. The van der Waals surface area contributed by atoms with Crippen LogP contribution in [0.4, 0.5) is 0 Å². The van der Waals surface area contributed by atoms with E-state index in [2.05, 4.69) is 23.1 Å². The lowest BCUT2D eigenvalue weighted by Crippen LogP contribution is -2.33. The number of rotatable bonds is 11. The SMILES string of the molecule is C=CCCC(O)CN(CC=C)Cc1nc2scc(-c3ccccc3OC)c2c(=O)[nH]1. The molecule has 0 aliphatic heterocycles. The van der Waals surface area contributed by atoms with E-state index >= 15 is 0 Å². The van der Waals surface area contributed by atoms with Crippen LogP contribution in [-0.4, -0.2) is 46.3 Å². The molecule has 0 saturated carbocycles. The standard InChI is InChI=1S/C23H27N3O3S/c1-4-6-9-16(27)13-26(12-5-2)14-20-24-22(28)21-18(15-30-23(21)25-20)17-10-7-8-11-19(17)29-3/h4-5,7-8,10-11,15-16,27H,1-2,6,9,12-14H2,3H3,(H,24,25,28). The van der Waals surface area contributed by atoms with Crippen LogP contribution in [0, 0.1) is 0 Å². The first-order valence-corrected chi connectivity index (χ1v) is 10.7. The number of nitrogens with one attached hydrogen (secondary N) is 1. The highest BCUT2D eigenvalue weighted by molar-refractivity contribution is 7.17. The van der Waals surface area contributed by atoms with Crippen molar-refractivity contribution in [1.29, 1.82) is 0 Å². The quantitative estimate of drug-likeness (QED) is 0.455. The molecule has 1 unspecified atom stereocenters. The van der Waals surface area contributed by atoms with Gasteiger partial charge < -0.3 is 14.8 Å². The average Bonchev–Trinajstić information content (AvgIpc) is 3.16. The molecule has 0 fully saturated rings. The Morgan fingerprint density at radius 2 is 2.10 bits per heavy atom. The molecule has 6 nitrogen and oxygen atoms in total. The smallest absolute Gasteiger partial charge is 0.260 e. The number of H-pyrrole nitrogens is 1. The van der Waals surface area contributed by atoms with E-state index in [0.29, 0.717) is 47.8 Å². The fraction of sp³-hybridized carbons (Fsp3) is 0.304. The zero-order chi connectivity index (χ0) is 21.5. The van der Waals surface area contributed by atoms with Crippen LogP contribution >= 0.6 is 11.3 Å². The number of aliphatic hydroxyl groups is 1. The van der Waals surface area contributed by atoms with E-state index in [1.54, 1.807) is 19.3 Å². The maximum atomic E-state index is 12.9. The van der Waals surface area contributed by atoms with E-state index in [1.807, 2.05) is 34.5 Å². The van der Waals surface area contributed by atoms with Gasteiger partial charge in [-0.15, -0.1) is 24.5 Å². The minimum Gasteiger partial charge on any atom is -0.496 e. The second kappa shape index (κ2) is 10.3. The number of fused-ring (bicyclic) bond motifs is 1. The summed E-state index contributed by atoms with van der Waals surface area (Å²) < 4.78 is 5.45. The van der Waals surface area contributed by atoms with E-state index in [-0.39, 0.29) is 5.56 Å². The number of thiophene rings is 1. The number of benzene rings is 1. The first-order chi connectivity index (χ1) is 14.6. The lowest BCUT2D eigenvalue weighted by atomic mass is 10.1. The fourth-order valence-electron chi connectivity index (χ4n) is 3.43. The Morgan fingerprint density at radius 1 is 1.30 bits per heavy atom. The third-order valence-electron chi connectivity index (χ3n) is 4.82. The molecule has 7 heteroatoms. The molecule has 0 radical (unpaired) electrons. The Balaban J connectivity index is 1.89. The predicted octanol–water partition coefficient (Wildman–Crippen LogP) is 3.98. The molecule has 0 aliphatic carbocycles. The molecule has 0 amide bonds. The van der Waals surface area contributed by atoms with Crippen molar-refractivity contribution in [2.75, 3.05) is 20.2 Å². The number of aromatic nitrogens is 2. The van der Waals surface area contributed by atoms with Crippen LogP contribution in [-0.2, 0) is 6.54 Å². The van der Waals surface area contributed by atoms with Crippen molar-refractivity contribution in [2.45, 2.75) is 25.5 Å². The van der Waals surface area contributed by atoms with E-state index in [0.717, 1.165) is 17.5 Å². The summed E-state index contributed by atoms with van der Waals surface area (Å²) in [5.74, 6) is 1.28. The first kappa shape index (κ1) is 22.0. The molecule has 3 rings (SSSR count). The van der Waals surface area contributed by atoms with Gasteiger partial charge >= 0.3 is 0 Å². The van der Waals surface area contributed by atoms with Crippen LogP contribution in [0.2, 0.25) is 0 Å². The van der Waals surface area contributed by atoms with Crippen LogP contribution in [0.1, 0.15) is 18.7 Å². The Kier molecular flexibility index (Phi) is 7.57. The van der Waals surface area contributed by atoms with Gasteiger partial charge in [0, 0.05) is 29.6 Å². The third-order valence-corrected chi connectivity index (χ3v) is 5.70. The molecule has 3 aromatic rings. The van der Waals surface area contributed by atoms with Crippen molar-refractivity contribution < 1.29 is 9.84 Å². The van der Waals surface area contributed by atoms with Gasteiger partial charge in [0.15, 0.2) is 0 Å². The molecule has 158 valence electrons. The monoisotopic (exact) mass is 425 g/mol. The highest BCUT2D eigenvalue weighted by atomic mass is 32.1. The Hall–Kier alpha value is -2.74. The average molecular weight is 426 g/mol. The summed E-state index contributed by atoms with van der Waals surface area (Å²) in [5.41, 5.74) is 1.50. The van der Waals surface area contributed by atoms with E-state index < -0.39 is 6.10 Å². The highest BCUT2D eigenvalue weighted by Gasteiger charge is 2.17. The zero-order valence-corrected chi connectivity index (χ0v) is 18.0. The van der Waals surface area contributed by atoms with E-state index in [9.17, 15) is 9.90 Å². The van der Waals surface area contributed by atoms with Crippen LogP contribution in [0.25, 0.3) is 21.3 Å². The number of methoxy groups -OCH3 is 1. The topological polar surface area (TPSA) is 78.5 Å². The van der Waals surface area contributed by atoms with E-state index in [1.165, 1.54) is 11.3 Å². The van der Waals surface area contributed by atoms with Gasteiger partial charge in [-0.1, -0.05) is 30.4 Å². The molecule has 1 atom stereocenters. The number of hydrogen-bond acceptors (Lipinski definition) is 6. The zero-order valence-electron chi connectivity index (χ0n) is 17.1. The third kappa shape index (κ3) is 5.05. The van der Waals surface area contributed by atoms with Gasteiger partial charge in [-0.05, 0) is 18.9 Å². The van der Waals surface area contributed by atoms with Gasteiger partial charge in [0.2, 0.25) is 0 Å². The number of para-hydroxylation sites is 1. The molecule has 2 N–H and O–H groups in total. The lowest BCUT2D eigenvalue weighted by Gasteiger charge is -2.23. The second-order valence-corrected chi connectivity index (χ2v) is 7.90. The second-order valence-electron chi connectivity index (χ2n) is 7.05. The predicted molar refractivity (Wildman–Crippen MR) is 123 cm³/mol. The van der Waals surface area contributed by atoms with Crippen LogP contribution in [0.5, 0.6) is 5.75 Å². The van der Waals surface area contributed by atoms with Gasteiger partial charge in [-0.25, -0.2) is 4.98 Å². The number of hydrogen-bond donors (Lipinski definition) is 2. The van der Waals surface area contributed by atoms with Gasteiger partial charge in [-0.3, -0.25) is 9.69 Å². The Morgan fingerprint density at radius 3 is 2.83 bits per heavy atom. The number of aliphatic hydroxyl groups excluding tert-OH is 1. The molecule has 0 bridgehead atoms. The van der Waals surface area contributed by atoms with Crippen molar-refractivity contribution in [3.63, 3.8) is 0 Å². The van der Waals surface area contributed by atoms with Crippen molar-refractivity contribution in [1.82, 2.24) is 14.9 Å². The molecule has 30 heavy (non-hydrogen) atoms. The summed E-state index contributed by atoms with van der Waals surface area (Å²) in [6.45, 7) is 8.96. The molecule has 0 spiro atoms. The Labute approximate surface area is 180 Å². The maximum Gasteiger partial charge on any atom is 0.260 e. The lowest BCUT2D eigenvalue weighted by molar-refractivity contribution is 0.107. The van der Waals surface area contributed by atoms with Crippen molar-refractivity contribution in [3.05, 3.63) is 71.1 Å². The minimum absolute atomic E-state index is 0.178. The van der Waals surface area contributed by atoms with Gasteiger partial charge in [0.05, 0.1) is 25.1 Å². The maximum absolute atomic E-state index is 12.9. The van der Waals surface area contributed by atoms with Crippen LogP contribution in [0.3, 0.4) is 0 Å². The van der Waals surface area contributed by atoms with Crippen molar-refractivity contribution in [3.8, 4) is 16.9 Å². The molecule has 0 aliphatic rings.